The first-order valence-corrected chi connectivity index (χ1v) is 6.47. The molecule has 1 spiro atoms. The van der Waals surface area contributed by atoms with Gasteiger partial charge in [0.2, 0.25) is 0 Å². The largest absolute Gasteiger partial charge is 0.508 e. The van der Waals surface area contributed by atoms with E-state index in [4.69, 9.17) is 0 Å². The number of nitrogens with one attached hydrogen (secondary N) is 1. The number of hydrogen-bond acceptors (Lipinski definition) is 3. The van der Waals surface area contributed by atoms with Crippen molar-refractivity contribution in [3.63, 3.8) is 0 Å². The molecule has 3 rings (SSSR count). The zero-order valence-electron chi connectivity index (χ0n) is 10.4. The van der Waals surface area contributed by atoms with Crippen LogP contribution in [0.3, 0.4) is 0 Å². The van der Waals surface area contributed by atoms with Gasteiger partial charge in [-0.1, -0.05) is 12.8 Å². The summed E-state index contributed by atoms with van der Waals surface area (Å²) in [6.07, 6.45) is 5.36. The van der Waals surface area contributed by atoms with Crippen molar-refractivity contribution < 1.29 is 5.11 Å². The average molecular weight is 232 g/mol. The molecule has 0 unspecified atom stereocenters. The molecular weight excluding hydrogens is 212 g/mol. The quantitative estimate of drug-likeness (QED) is 0.722. The minimum atomic E-state index is 0.340. The highest BCUT2D eigenvalue weighted by molar-refractivity contribution is 5.72. The molecule has 0 atom stereocenters. The second kappa shape index (κ2) is 3.83. The van der Waals surface area contributed by atoms with Crippen LogP contribution < -0.4 is 10.2 Å². The van der Waals surface area contributed by atoms with Gasteiger partial charge in [-0.25, -0.2) is 0 Å². The molecule has 1 aromatic carbocycles. The lowest BCUT2D eigenvalue weighted by Gasteiger charge is -2.31. The van der Waals surface area contributed by atoms with Gasteiger partial charge in [-0.2, -0.15) is 0 Å². The molecule has 0 bridgehead atoms. The summed E-state index contributed by atoms with van der Waals surface area (Å²) < 4.78 is 0. The Labute approximate surface area is 102 Å². The van der Waals surface area contributed by atoms with Gasteiger partial charge >= 0.3 is 0 Å². The molecule has 1 aromatic rings. The van der Waals surface area contributed by atoms with Crippen LogP contribution in [0.4, 0.5) is 11.4 Å². The van der Waals surface area contributed by atoms with E-state index in [0.29, 0.717) is 11.2 Å². The Balaban J connectivity index is 1.94. The van der Waals surface area contributed by atoms with Gasteiger partial charge in [-0.3, -0.25) is 0 Å². The van der Waals surface area contributed by atoms with Crippen molar-refractivity contribution in [2.24, 2.45) is 5.41 Å². The van der Waals surface area contributed by atoms with Crippen molar-refractivity contribution in [2.75, 3.05) is 30.4 Å². The van der Waals surface area contributed by atoms with Gasteiger partial charge in [0.25, 0.3) is 0 Å². The molecule has 0 saturated heterocycles. The first kappa shape index (κ1) is 10.8. The Kier molecular flexibility index (Phi) is 2.42. The predicted octanol–water partition coefficient (Wildman–Crippen LogP) is 2.81. The third-order valence-electron chi connectivity index (χ3n) is 4.28. The Bertz CT molecular complexity index is 424. The van der Waals surface area contributed by atoms with Crippen LogP contribution in [-0.2, 0) is 0 Å². The molecule has 3 heteroatoms. The van der Waals surface area contributed by atoms with E-state index in [2.05, 4.69) is 17.3 Å². The molecule has 3 nitrogen and oxygen atoms in total. The van der Waals surface area contributed by atoms with Gasteiger partial charge in [0, 0.05) is 31.6 Å². The maximum Gasteiger partial charge on any atom is 0.117 e. The molecular formula is C14H20N2O. The van der Waals surface area contributed by atoms with Crippen LogP contribution in [-0.4, -0.2) is 25.2 Å². The fourth-order valence-corrected chi connectivity index (χ4v) is 3.39. The Hall–Kier alpha value is -1.38. The van der Waals surface area contributed by atoms with Crippen LogP contribution in [0.5, 0.6) is 5.75 Å². The lowest BCUT2D eigenvalue weighted by Crippen LogP contribution is -2.36. The lowest BCUT2D eigenvalue weighted by molar-refractivity contribution is 0.330. The smallest absolute Gasteiger partial charge is 0.117 e. The zero-order chi connectivity index (χ0) is 11.9. The molecule has 2 N–H and O–H groups in total. The highest BCUT2D eigenvalue weighted by Crippen LogP contribution is 2.43. The second-order valence-corrected chi connectivity index (χ2v) is 5.62. The summed E-state index contributed by atoms with van der Waals surface area (Å²) >= 11 is 0. The maximum atomic E-state index is 9.56. The predicted molar refractivity (Wildman–Crippen MR) is 70.8 cm³/mol. The van der Waals surface area contributed by atoms with Crippen molar-refractivity contribution >= 4 is 11.4 Å². The summed E-state index contributed by atoms with van der Waals surface area (Å²) in [5.74, 6) is 0.340. The zero-order valence-corrected chi connectivity index (χ0v) is 10.4. The van der Waals surface area contributed by atoms with Crippen molar-refractivity contribution in [1.29, 1.82) is 0 Å². The number of fused-ring (bicyclic) bond motifs is 1. The number of aromatic hydroxyl groups is 1. The third kappa shape index (κ3) is 1.84. The summed E-state index contributed by atoms with van der Waals surface area (Å²) in [7, 11) is 2.16. The molecule has 2 aliphatic rings. The number of nitrogens with zero attached hydrogens (tertiary/aromatic N) is 1. The number of hydrogen-bond donors (Lipinski definition) is 2. The molecule has 0 amide bonds. The molecule has 1 saturated carbocycles. The molecule has 1 aliphatic carbocycles. The molecule has 0 radical (unpaired) electrons. The van der Waals surface area contributed by atoms with Crippen LogP contribution in [0.1, 0.15) is 25.7 Å². The Morgan fingerprint density at radius 3 is 2.82 bits per heavy atom. The Morgan fingerprint density at radius 1 is 1.29 bits per heavy atom. The van der Waals surface area contributed by atoms with E-state index in [9.17, 15) is 5.11 Å². The molecule has 1 fully saturated rings. The Morgan fingerprint density at radius 2 is 2.06 bits per heavy atom. The van der Waals surface area contributed by atoms with E-state index in [1.807, 2.05) is 12.1 Å². The maximum absolute atomic E-state index is 9.56. The van der Waals surface area contributed by atoms with Crippen molar-refractivity contribution in [2.45, 2.75) is 25.7 Å². The third-order valence-corrected chi connectivity index (χ3v) is 4.28. The van der Waals surface area contributed by atoms with Gasteiger partial charge < -0.3 is 15.3 Å². The van der Waals surface area contributed by atoms with Gasteiger partial charge in [-0.05, 0) is 25.0 Å². The fourth-order valence-electron chi connectivity index (χ4n) is 3.39. The minimum absolute atomic E-state index is 0.340. The van der Waals surface area contributed by atoms with Gasteiger partial charge in [0.1, 0.15) is 5.75 Å². The van der Waals surface area contributed by atoms with Gasteiger partial charge in [0.05, 0.1) is 11.4 Å². The average Bonchev–Trinajstić information content (AvgIpc) is 2.70. The van der Waals surface area contributed by atoms with Crippen molar-refractivity contribution in [1.82, 2.24) is 0 Å². The summed E-state index contributed by atoms with van der Waals surface area (Å²) in [6, 6.07) is 5.61. The fraction of sp³-hybridized carbons (Fsp3) is 0.571. The van der Waals surface area contributed by atoms with E-state index < -0.39 is 0 Å². The molecule has 1 aliphatic heterocycles. The van der Waals surface area contributed by atoms with Crippen molar-refractivity contribution in [3.8, 4) is 5.75 Å². The standard InChI is InChI=1S/C14H20N2O/c1-16-10-14(6-2-3-7-14)9-15-12-8-11(17)4-5-13(12)16/h4-5,8,15,17H,2-3,6-7,9-10H2,1H3. The second-order valence-electron chi connectivity index (χ2n) is 5.62. The van der Waals surface area contributed by atoms with E-state index in [-0.39, 0.29) is 0 Å². The highest BCUT2D eigenvalue weighted by atomic mass is 16.3. The number of phenols is 1. The van der Waals surface area contributed by atoms with Crippen LogP contribution in [0, 0.1) is 5.41 Å². The molecule has 17 heavy (non-hydrogen) atoms. The van der Waals surface area contributed by atoms with E-state index in [1.54, 1.807) is 6.07 Å². The number of rotatable bonds is 0. The van der Waals surface area contributed by atoms with Crippen LogP contribution >= 0.6 is 0 Å². The van der Waals surface area contributed by atoms with Crippen LogP contribution in [0.25, 0.3) is 0 Å². The normalized spacial score (nSPS) is 22.1. The highest BCUT2D eigenvalue weighted by Gasteiger charge is 2.37. The summed E-state index contributed by atoms with van der Waals surface area (Å²) in [6.45, 7) is 2.16. The molecule has 92 valence electrons. The van der Waals surface area contributed by atoms with E-state index in [0.717, 1.165) is 18.8 Å². The van der Waals surface area contributed by atoms with Crippen molar-refractivity contribution in [3.05, 3.63) is 18.2 Å². The number of anilines is 2. The van der Waals surface area contributed by atoms with Crippen LogP contribution in [0.15, 0.2) is 18.2 Å². The monoisotopic (exact) mass is 232 g/mol. The van der Waals surface area contributed by atoms with Crippen LogP contribution in [0.2, 0.25) is 0 Å². The summed E-state index contributed by atoms with van der Waals surface area (Å²) in [5, 5.41) is 13.1. The first-order chi connectivity index (χ1) is 8.19. The topological polar surface area (TPSA) is 35.5 Å². The van der Waals surface area contributed by atoms with E-state index in [1.165, 1.54) is 31.4 Å². The number of benzene rings is 1. The summed E-state index contributed by atoms with van der Waals surface area (Å²) in [4.78, 5) is 2.33. The van der Waals surface area contributed by atoms with E-state index >= 15 is 0 Å². The molecule has 1 heterocycles. The van der Waals surface area contributed by atoms with Gasteiger partial charge in [0.15, 0.2) is 0 Å². The lowest BCUT2D eigenvalue weighted by atomic mass is 9.86. The summed E-state index contributed by atoms with van der Waals surface area (Å²) in [5.41, 5.74) is 2.70. The SMILES string of the molecule is CN1CC2(CCCC2)CNc2cc(O)ccc21. The molecule has 0 aromatic heterocycles. The first-order valence-electron chi connectivity index (χ1n) is 6.47. The minimum Gasteiger partial charge on any atom is -0.508 e. The van der Waals surface area contributed by atoms with Gasteiger partial charge in [-0.15, -0.1) is 0 Å². The number of phenolic OH excluding ortho intramolecular Hbond substituents is 1.